The van der Waals surface area contributed by atoms with Crippen molar-refractivity contribution in [2.75, 3.05) is 5.32 Å². The number of carbonyl (C=O) groups is 1. The Kier molecular flexibility index (Phi) is 4.28. The number of fused-ring (bicyclic) bond motifs is 1. The summed E-state index contributed by atoms with van der Waals surface area (Å²) >= 11 is 1.64. The Morgan fingerprint density at radius 1 is 1.35 bits per heavy atom. The molecular weight excluding hydrogens is 304 g/mol. The van der Waals surface area contributed by atoms with Crippen LogP contribution >= 0.6 is 11.3 Å². The molecule has 1 atom stereocenters. The van der Waals surface area contributed by atoms with E-state index in [2.05, 4.69) is 31.1 Å². The van der Waals surface area contributed by atoms with Crippen LogP contribution < -0.4 is 5.32 Å². The number of rotatable bonds is 2. The number of aromatic nitrogens is 1. The molecule has 0 saturated carbocycles. The lowest BCUT2D eigenvalue weighted by molar-refractivity contribution is 0.102. The van der Waals surface area contributed by atoms with Gasteiger partial charge in [-0.2, -0.15) is 0 Å². The van der Waals surface area contributed by atoms with E-state index in [4.69, 9.17) is 0 Å². The number of aryl methyl sites for hydroxylation is 2. The Balaban J connectivity index is 1.74. The van der Waals surface area contributed by atoms with Gasteiger partial charge in [0.25, 0.3) is 5.91 Å². The average Bonchev–Trinajstić information content (AvgIpc) is 2.87. The molecule has 0 unspecified atom stereocenters. The summed E-state index contributed by atoms with van der Waals surface area (Å²) in [6, 6.07) is 7.64. The van der Waals surface area contributed by atoms with E-state index in [-0.39, 0.29) is 5.91 Å². The lowest BCUT2D eigenvalue weighted by Gasteiger charge is -2.33. The molecule has 0 fully saturated rings. The van der Waals surface area contributed by atoms with Gasteiger partial charge in [-0.25, -0.2) is 4.98 Å². The zero-order valence-electron chi connectivity index (χ0n) is 14.3. The fourth-order valence-corrected chi connectivity index (χ4v) is 4.21. The quantitative estimate of drug-likeness (QED) is 0.856. The summed E-state index contributed by atoms with van der Waals surface area (Å²) in [6.07, 6.45) is 3.29. The van der Waals surface area contributed by atoms with E-state index in [1.807, 2.05) is 31.2 Å². The summed E-state index contributed by atoms with van der Waals surface area (Å²) < 4.78 is 0. The molecule has 1 aromatic carbocycles. The van der Waals surface area contributed by atoms with Gasteiger partial charge >= 0.3 is 0 Å². The van der Waals surface area contributed by atoms with Gasteiger partial charge in [-0.1, -0.05) is 38.5 Å². The molecule has 4 heteroatoms. The van der Waals surface area contributed by atoms with Crippen molar-refractivity contribution in [3.8, 4) is 0 Å². The number of hydrogen-bond donors (Lipinski definition) is 1. The molecule has 1 aliphatic carbocycles. The smallest absolute Gasteiger partial charge is 0.257 e. The third-order valence-corrected chi connectivity index (χ3v) is 5.70. The third kappa shape index (κ3) is 3.63. The number of benzene rings is 1. The van der Waals surface area contributed by atoms with Gasteiger partial charge in [0.1, 0.15) is 0 Å². The van der Waals surface area contributed by atoms with Crippen molar-refractivity contribution in [2.24, 2.45) is 11.3 Å². The van der Waals surface area contributed by atoms with Crippen LogP contribution in [0.5, 0.6) is 0 Å². The molecule has 1 aromatic heterocycles. The van der Waals surface area contributed by atoms with Crippen molar-refractivity contribution in [1.82, 2.24) is 4.98 Å². The van der Waals surface area contributed by atoms with Crippen LogP contribution in [-0.2, 0) is 12.8 Å². The molecule has 3 nitrogen and oxygen atoms in total. The van der Waals surface area contributed by atoms with Gasteiger partial charge in [-0.15, -0.1) is 11.3 Å². The number of thiazole rings is 1. The van der Waals surface area contributed by atoms with E-state index in [1.165, 1.54) is 17.0 Å². The number of anilines is 1. The second-order valence-corrected chi connectivity index (χ2v) is 8.60. The summed E-state index contributed by atoms with van der Waals surface area (Å²) in [5.74, 6) is 0.614. The first-order valence-electron chi connectivity index (χ1n) is 8.19. The van der Waals surface area contributed by atoms with Gasteiger partial charge in [0.15, 0.2) is 5.13 Å². The average molecular weight is 328 g/mol. The molecule has 1 N–H and O–H groups in total. The molecule has 0 spiro atoms. The van der Waals surface area contributed by atoms with Crippen LogP contribution in [0.3, 0.4) is 0 Å². The summed E-state index contributed by atoms with van der Waals surface area (Å²) in [5, 5.41) is 3.70. The molecule has 23 heavy (non-hydrogen) atoms. The van der Waals surface area contributed by atoms with Crippen LogP contribution in [0.1, 0.15) is 53.7 Å². The summed E-state index contributed by atoms with van der Waals surface area (Å²) in [4.78, 5) is 18.3. The fraction of sp³-hybridized carbons (Fsp3) is 0.474. The van der Waals surface area contributed by atoms with Crippen LogP contribution in [0.15, 0.2) is 24.3 Å². The van der Waals surface area contributed by atoms with Crippen molar-refractivity contribution < 1.29 is 4.79 Å². The molecule has 1 heterocycles. The largest absolute Gasteiger partial charge is 0.298 e. The van der Waals surface area contributed by atoms with E-state index < -0.39 is 0 Å². The van der Waals surface area contributed by atoms with Gasteiger partial charge in [0.2, 0.25) is 0 Å². The SMILES string of the molecule is Cc1cccc(C(=O)Nc2nc3c(s2)C[C@@H](C(C)(C)C)CC3)c1. The Morgan fingerprint density at radius 2 is 2.13 bits per heavy atom. The van der Waals surface area contributed by atoms with Crippen molar-refractivity contribution in [2.45, 2.75) is 47.0 Å². The highest BCUT2D eigenvalue weighted by atomic mass is 32.1. The Bertz CT molecular complexity index is 727. The number of amides is 1. The van der Waals surface area contributed by atoms with Crippen molar-refractivity contribution in [3.05, 3.63) is 46.0 Å². The Morgan fingerprint density at radius 3 is 2.83 bits per heavy atom. The van der Waals surface area contributed by atoms with Crippen LogP contribution in [0.4, 0.5) is 5.13 Å². The van der Waals surface area contributed by atoms with Crippen LogP contribution in [0.25, 0.3) is 0 Å². The highest BCUT2D eigenvalue weighted by Gasteiger charge is 2.30. The predicted molar refractivity (Wildman–Crippen MR) is 96.2 cm³/mol. The lowest BCUT2D eigenvalue weighted by atomic mass is 9.73. The zero-order chi connectivity index (χ0) is 16.6. The topological polar surface area (TPSA) is 42.0 Å². The first-order valence-corrected chi connectivity index (χ1v) is 9.01. The van der Waals surface area contributed by atoms with Gasteiger partial charge in [0, 0.05) is 10.4 Å². The maximum Gasteiger partial charge on any atom is 0.257 e. The monoisotopic (exact) mass is 328 g/mol. The summed E-state index contributed by atoms with van der Waals surface area (Å²) in [6.45, 7) is 8.92. The van der Waals surface area contributed by atoms with Crippen LogP contribution in [0.2, 0.25) is 0 Å². The minimum absolute atomic E-state index is 0.0767. The van der Waals surface area contributed by atoms with Crippen molar-refractivity contribution in [3.63, 3.8) is 0 Å². The number of nitrogens with one attached hydrogen (secondary N) is 1. The second kappa shape index (κ2) is 6.08. The Labute approximate surface area is 142 Å². The molecule has 0 aliphatic heterocycles. The number of hydrogen-bond acceptors (Lipinski definition) is 3. The normalized spacial score (nSPS) is 17.7. The molecule has 1 aliphatic rings. The molecule has 0 radical (unpaired) electrons. The first-order chi connectivity index (χ1) is 10.8. The van der Waals surface area contributed by atoms with Gasteiger partial charge in [-0.3, -0.25) is 10.1 Å². The van der Waals surface area contributed by atoms with Crippen LogP contribution in [-0.4, -0.2) is 10.9 Å². The molecular formula is C19H24N2OS. The number of carbonyl (C=O) groups excluding carboxylic acids is 1. The minimum atomic E-state index is -0.0767. The van der Waals surface area contributed by atoms with Gasteiger partial charge in [0.05, 0.1) is 5.69 Å². The zero-order valence-corrected chi connectivity index (χ0v) is 15.1. The van der Waals surface area contributed by atoms with Crippen LogP contribution in [0, 0.1) is 18.3 Å². The fourth-order valence-electron chi connectivity index (χ4n) is 3.12. The second-order valence-electron chi connectivity index (χ2n) is 7.52. The van der Waals surface area contributed by atoms with Gasteiger partial charge in [-0.05, 0) is 49.7 Å². The first kappa shape index (κ1) is 16.2. The summed E-state index contributed by atoms with van der Waals surface area (Å²) in [5.41, 5.74) is 3.28. The Hall–Kier alpha value is -1.68. The van der Waals surface area contributed by atoms with E-state index in [0.29, 0.717) is 16.9 Å². The van der Waals surface area contributed by atoms with Gasteiger partial charge < -0.3 is 0 Å². The lowest BCUT2D eigenvalue weighted by Crippen LogP contribution is -2.26. The molecule has 122 valence electrons. The minimum Gasteiger partial charge on any atom is -0.298 e. The summed E-state index contributed by atoms with van der Waals surface area (Å²) in [7, 11) is 0. The maximum atomic E-state index is 12.4. The number of nitrogens with zero attached hydrogens (tertiary/aromatic N) is 1. The van der Waals surface area contributed by atoms with Crippen molar-refractivity contribution in [1.29, 1.82) is 0 Å². The van der Waals surface area contributed by atoms with E-state index in [9.17, 15) is 4.79 Å². The molecule has 3 rings (SSSR count). The molecule has 1 amide bonds. The highest BCUT2D eigenvalue weighted by molar-refractivity contribution is 7.15. The van der Waals surface area contributed by atoms with Crippen molar-refractivity contribution >= 4 is 22.4 Å². The van der Waals surface area contributed by atoms with E-state index in [1.54, 1.807) is 11.3 Å². The standard InChI is InChI=1S/C19H24N2OS/c1-12-6-5-7-13(10-12)17(22)21-18-20-15-9-8-14(19(2,3)4)11-16(15)23-18/h5-7,10,14H,8-9,11H2,1-4H3,(H,20,21,22)/t14-/m0/s1. The van der Waals surface area contributed by atoms with E-state index >= 15 is 0 Å². The predicted octanol–water partition coefficient (Wildman–Crippen LogP) is 4.85. The molecule has 2 aromatic rings. The molecule has 0 bridgehead atoms. The highest BCUT2D eigenvalue weighted by Crippen LogP contribution is 2.40. The maximum absolute atomic E-state index is 12.4. The third-order valence-electron chi connectivity index (χ3n) is 4.67. The molecule has 0 saturated heterocycles. The van der Waals surface area contributed by atoms with E-state index in [0.717, 1.165) is 23.5 Å².